The lowest BCUT2D eigenvalue weighted by molar-refractivity contribution is -0.146. The molecule has 26 heavy (non-hydrogen) atoms. The molecule has 0 N–H and O–H groups in total. The highest BCUT2D eigenvalue weighted by molar-refractivity contribution is 8.03. The largest absolute Gasteiger partial charge is 0.465 e. The Kier molecular flexibility index (Phi) is 5.59. The lowest BCUT2D eigenvalue weighted by Crippen LogP contribution is -2.48. The summed E-state index contributed by atoms with van der Waals surface area (Å²) in [5.74, 6) is -0.697. The van der Waals surface area contributed by atoms with Crippen molar-refractivity contribution in [1.29, 1.82) is 5.26 Å². The van der Waals surface area contributed by atoms with Gasteiger partial charge in [-0.25, -0.2) is 4.39 Å². The van der Waals surface area contributed by atoms with Crippen LogP contribution in [0.2, 0.25) is 0 Å². The summed E-state index contributed by atoms with van der Waals surface area (Å²) < 4.78 is 18.1. The number of rotatable bonds is 4. The van der Waals surface area contributed by atoms with Gasteiger partial charge in [-0.2, -0.15) is 5.26 Å². The normalized spacial score (nSPS) is 20.6. The van der Waals surface area contributed by atoms with Crippen molar-refractivity contribution < 1.29 is 18.7 Å². The monoisotopic (exact) mass is 375 g/mol. The van der Waals surface area contributed by atoms with Gasteiger partial charge in [0.15, 0.2) is 0 Å². The van der Waals surface area contributed by atoms with E-state index in [1.807, 2.05) is 0 Å². The third-order valence-corrected chi connectivity index (χ3v) is 5.49. The molecule has 1 atom stereocenters. The first-order valence-electron chi connectivity index (χ1n) is 8.24. The zero-order valence-corrected chi connectivity index (χ0v) is 15.1. The highest BCUT2D eigenvalue weighted by atomic mass is 32.2. The number of carbonyl (C=O) groups excluding carboxylic acids is 2. The highest BCUT2D eigenvalue weighted by Gasteiger charge is 2.38. The van der Waals surface area contributed by atoms with Crippen LogP contribution < -0.4 is 0 Å². The van der Waals surface area contributed by atoms with Crippen LogP contribution in [0.3, 0.4) is 0 Å². The molecule has 8 heteroatoms. The van der Waals surface area contributed by atoms with Gasteiger partial charge in [-0.05, 0) is 24.6 Å². The van der Waals surface area contributed by atoms with Gasteiger partial charge >= 0.3 is 5.97 Å². The van der Waals surface area contributed by atoms with Crippen LogP contribution in [-0.2, 0) is 14.3 Å². The van der Waals surface area contributed by atoms with Crippen molar-refractivity contribution >= 4 is 23.6 Å². The summed E-state index contributed by atoms with van der Waals surface area (Å²) >= 11 is 1.36. The number of ether oxygens (including phenoxy) is 1. The molecule has 1 aromatic rings. The fourth-order valence-electron chi connectivity index (χ4n) is 3.08. The Labute approximate surface area is 155 Å². The highest BCUT2D eigenvalue weighted by Crippen LogP contribution is 2.42. The van der Waals surface area contributed by atoms with E-state index < -0.39 is 0 Å². The number of esters is 1. The van der Waals surface area contributed by atoms with E-state index in [9.17, 15) is 19.2 Å². The lowest BCUT2D eigenvalue weighted by Gasteiger charge is -2.40. The number of amides is 1. The molecule has 0 bridgehead atoms. The summed E-state index contributed by atoms with van der Waals surface area (Å²) in [4.78, 5) is 27.7. The molecule has 0 unspecified atom stereocenters. The first-order chi connectivity index (χ1) is 12.5. The van der Waals surface area contributed by atoms with Crippen molar-refractivity contribution in [2.45, 2.75) is 19.3 Å². The predicted molar refractivity (Wildman–Crippen MR) is 93.9 cm³/mol. The summed E-state index contributed by atoms with van der Waals surface area (Å²) in [6.45, 7) is 2.40. The topological polar surface area (TPSA) is 73.6 Å². The molecule has 1 fully saturated rings. The zero-order chi connectivity index (χ0) is 18.7. The quantitative estimate of drug-likeness (QED) is 0.753. The van der Waals surface area contributed by atoms with Crippen molar-refractivity contribution in [3.8, 4) is 6.07 Å². The van der Waals surface area contributed by atoms with Gasteiger partial charge in [0.25, 0.3) is 0 Å². The molecule has 1 aromatic carbocycles. The second kappa shape index (κ2) is 7.89. The maximum absolute atomic E-state index is 13.2. The van der Waals surface area contributed by atoms with Crippen LogP contribution in [0.25, 0.3) is 0 Å². The van der Waals surface area contributed by atoms with E-state index >= 15 is 0 Å². The van der Waals surface area contributed by atoms with E-state index in [1.165, 1.54) is 23.9 Å². The number of halogens is 1. The number of allylic oxidation sites excluding steroid dienone is 1. The smallest absolute Gasteiger partial charge is 0.320 e. The van der Waals surface area contributed by atoms with Crippen molar-refractivity contribution in [1.82, 2.24) is 9.80 Å². The van der Waals surface area contributed by atoms with Gasteiger partial charge in [0.2, 0.25) is 5.91 Å². The van der Waals surface area contributed by atoms with Gasteiger partial charge in [-0.15, -0.1) is 0 Å². The fraction of sp³-hybridized carbons (Fsp3) is 0.389. The SMILES string of the molecule is CCOC(=O)CN1CSC2=C(C#N)[C@@H](c3ccc(F)cc3)CC(=O)N2C1. The molecule has 0 spiro atoms. The maximum Gasteiger partial charge on any atom is 0.320 e. The van der Waals surface area contributed by atoms with Crippen LogP contribution in [0.4, 0.5) is 4.39 Å². The average molecular weight is 375 g/mol. The number of hydrogen-bond donors (Lipinski definition) is 0. The molecule has 2 aliphatic rings. The second-order valence-electron chi connectivity index (χ2n) is 6.01. The van der Waals surface area contributed by atoms with Gasteiger partial charge in [0.1, 0.15) is 5.82 Å². The molecule has 0 saturated carbocycles. The van der Waals surface area contributed by atoms with Crippen molar-refractivity contribution in [2.75, 3.05) is 25.7 Å². The summed E-state index contributed by atoms with van der Waals surface area (Å²) in [6.07, 6.45) is 0.145. The Balaban J connectivity index is 1.83. The van der Waals surface area contributed by atoms with Crippen molar-refractivity contribution in [2.24, 2.45) is 0 Å². The maximum atomic E-state index is 13.2. The molecular weight excluding hydrogens is 357 g/mol. The van der Waals surface area contributed by atoms with Gasteiger partial charge in [-0.1, -0.05) is 23.9 Å². The Morgan fingerprint density at radius 3 is 2.81 bits per heavy atom. The zero-order valence-electron chi connectivity index (χ0n) is 14.3. The van der Waals surface area contributed by atoms with Crippen LogP contribution in [0.5, 0.6) is 0 Å². The van der Waals surface area contributed by atoms with E-state index in [2.05, 4.69) is 6.07 Å². The Morgan fingerprint density at radius 2 is 2.15 bits per heavy atom. The molecule has 0 radical (unpaired) electrons. The number of fused-ring (bicyclic) bond motifs is 1. The molecule has 1 saturated heterocycles. The molecule has 6 nitrogen and oxygen atoms in total. The third-order valence-electron chi connectivity index (χ3n) is 4.28. The van der Waals surface area contributed by atoms with E-state index in [0.717, 1.165) is 5.56 Å². The first kappa shape index (κ1) is 18.4. The van der Waals surface area contributed by atoms with E-state index in [4.69, 9.17) is 4.74 Å². The molecule has 0 aliphatic carbocycles. The molecule has 2 aliphatic heterocycles. The fourth-order valence-corrected chi connectivity index (χ4v) is 4.21. The van der Waals surface area contributed by atoms with Gasteiger partial charge in [0, 0.05) is 12.3 Å². The van der Waals surface area contributed by atoms with Gasteiger partial charge in [-0.3, -0.25) is 19.4 Å². The summed E-state index contributed by atoms with van der Waals surface area (Å²) in [5, 5.41) is 10.3. The molecule has 0 aromatic heterocycles. The Morgan fingerprint density at radius 1 is 1.42 bits per heavy atom. The minimum atomic E-state index is -0.372. The Bertz CT molecular complexity index is 788. The predicted octanol–water partition coefficient (Wildman–Crippen LogP) is 2.40. The summed E-state index contributed by atoms with van der Waals surface area (Å²) in [6, 6.07) is 8.12. The molecule has 3 rings (SSSR count). The van der Waals surface area contributed by atoms with Gasteiger partial charge < -0.3 is 4.74 Å². The minimum Gasteiger partial charge on any atom is -0.465 e. The third kappa shape index (κ3) is 3.74. The van der Waals surface area contributed by atoms with E-state index in [0.29, 0.717) is 23.1 Å². The van der Waals surface area contributed by atoms with Crippen LogP contribution in [0.15, 0.2) is 34.9 Å². The summed E-state index contributed by atoms with van der Waals surface area (Å²) in [5.41, 5.74) is 1.26. The number of hydrogen-bond acceptors (Lipinski definition) is 6. The molecule has 2 heterocycles. The number of nitrogens with zero attached hydrogens (tertiary/aromatic N) is 3. The number of nitriles is 1. The minimum absolute atomic E-state index is 0.0984. The van der Waals surface area contributed by atoms with Crippen LogP contribution >= 0.6 is 11.8 Å². The first-order valence-corrected chi connectivity index (χ1v) is 9.23. The average Bonchev–Trinajstić information content (AvgIpc) is 2.63. The van der Waals surface area contributed by atoms with Crippen molar-refractivity contribution in [3.05, 3.63) is 46.2 Å². The lowest BCUT2D eigenvalue weighted by atomic mass is 9.86. The van der Waals surface area contributed by atoms with E-state index in [1.54, 1.807) is 28.9 Å². The molecule has 136 valence electrons. The summed E-state index contributed by atoms with van der Waals surface area (Å²) in [7, 11) is 0. The van der Waals surface area contributed by atoms with Crippen LogP contribution in [0.1, 0.15) is 24.8 Å². The number of thioether (sulfide) groups is 1. The number of benzene rings is 1. The Hall–Kier alpha value is -2.37. The van der Waals surface area contributed by atoms with Crippen LogP contribution in [0, 0.1) is 17.1 Å². The standard InChI is InChI=1S/C18H18FN3O3S/c1-2-25-17(24)9-21-10-22-16(23)7-14(12-3-5-13(19)6-4-12)15(8-20)18(22)26-11-21/h3-6,14H,2,7,9-11H2,1H3/t14-/m1/s1. The molecular formula is C18H18FN3O3S. The van der Waals surface area contributed by atoms with E-state index in [-0.39, 0.29) is 43.2 Å². The molecule has 1 amide bonds. The van der Waals surface area contributed by atoms with Gasteiger partial charge in [0.05, 0.1) is 42.4 Å². The second-order valence-corrected chi connectivity index (χ2v) is 6.94. The number of carbonyl (C=O) groups is 2. The van der Waals surface area contributed by atoms with Crippen LogP contribution in [-0.4, -0.2) is 47.4 Å². The van der Waals surface area contributed by atoms with Crippen molar-refractivity contribution in [3.63, 3.8) is 0 Å².